The van der Waals surface area contributed by atoms with Crippen LogP contribution in [-0.2, 0) is 20.2 Å². The van der Waals surface area contributed by atoms with Gasteiger partial charge in [0.05, 0.1) is 9.79 Å². The first-order chi connectivity index (χ1) is 16.1. The number of hydrogen-bond acceptors (Lipinski definition) is 4. The summed E-state index contributed by atoms with van der Waals surface area (Å²) in [4.78, 5) is -0.491. The minimum absolute atomic E-state index is 0. The molecule has 0 atom stereocenters. The van der Waals surface area contributed by atoms with Crippen LogP contribution in [0.3, 0.4) is 0 Å². The molecule has 0 bridgehead atoms. The van der Waals surface area contributed by atoms with Gasteiger partial charge in [0.2, 0.25) is 0 Å². The molecule has 0 radical (unpaired) electrons. The van der Waals surface area contributed by atoms with Crippen LogP contribution >= 0.6 is 0 Å². The number of rotatable bonds is 4. The molecule has 0 amide bonds. The van der Waals surface area contributed by atoms with Crippen molar-refractivity contribution < 1.29 is 87.9 Å². The van der Waals surface area contributed by atoms with Crippen molar-refractivity contribution in [1.82, 2.24) is 0 Å². The zero-order valence-corrected chi connectivity index (χ0v) is 25.2. The Labute approximate surface area is 256 Å². The van der Waals surface area contributed by atoms with E-state index >= 15 is 0 Å². The summed E-state index contributed by atoms with van der Waals surface area (Å²) in [7, 11) is -8.92. The van der Waals surface area contributed by atoms with Crippen LogP contribution in [0.1, 0.15) is 2.85 Å². The van der Waals surface area contributed by atoms with Gasteiger partial charge in [-0.15, -0.1) is 0 Å². The molecular formula is C26H20Na2O6S2. The second-order valence-electron chi connectivity index (χ2n) is 7.85. The van der Waals surface area contributed by atoms with E-state index in [0.717, 1.165) is 11.1 Å². The minimum Gasteiger partial charge on any atom is -1.00 e. The van der Waals surface area contributed by atoms with E-state index < -0.39 is 20.2 Å². The molecule has 5 rings (SSSR count). The van der Waals surface area contributed by atoms with E-state index in [1.165, 1.54) is 24.3 Å². The molecule has 10 heteroatoms. The summed E-state index contributed by atoms with van der Waals surface area (Å²) in [6, 6.07) is 27.3. The van der Waals surface area contributed by atoms with Gasteiger partial charge in [0.25, 0.3) is 20.2 Å². The molecule has 174 valence electrons. The third-order valence-electron chi connectivity index (χ3n) is 5.78. The van der Waals surface area contributed by atoms with Gasteiger partial charge in [-0.1, -0.05) is 72.8 Å². The summed E-state index contributed by atoms with van der Waals surface area (Å²) in [5.41, 5.74) is 2.92. The minimum atomic E-state index is -4.46. The fourth-order valence-corrected chi connectivity index (χ4v) is 5.35. The van der Waals surface area contributed by atoms with Crippen molar-refractivity contribution in [2.75, 3.05) is 0 Å². The van der Waals surface area contributed by atoms with Crippen LogP contribution in [0.4, 0.5) is 0 Å². The molecule has 0 aromatic heterocycles. The molecule has 0 unspecified atom stereocenters. The molecule has 0 aliphatic heterocycles. The molecule has 2 N–H and O–H groups in total. The van der Waals surface area contributed by atoms with E-state index in [1.807, 2.05) is 60.7 Å². The van der Waals surface area contributed by atoms with Crippen molar-refractivity contribution in [3.8, 4) is 22.3 Å². The van der Waals surface area contributed by atoms with Crippen LogP contribution in [0.5, 0.6) is 0 Å². The monoisotopic (exact) mass is 538 g/mol. The molecule has 5 aromatic carbocycles. The van der Waals surface area contributed by atoms with Gasteiger partial charge >= 0.3 is 59.1 Å². The summed E-state index contributed by atoms with van der Waals surface area (Å²) >= 11 is 0. The van der Waals surface area contributed by atoms with E-state index in [-0.39, 0.29) is 71.8 Å². The van der Waals surface area contributed by atoms with Gasteiger partial charge in [-0.05, 0) is 68.1 Å². The first-order valence-corrected chi connectivity index (χ1v) is 13.1. The van der Waals surface area contributed by atoms with Gasteiger partial charge < -0.3 is 2.85 Å². The van der Waals surface area contributed by atoms with Crippen LogP contribution in [0.2, 0.25) is 0 Å². The molecule has 0 aliphatic rings. The van der Waals surface area contributed by atoms with Gasteiger partial charge in [0, 0.05) is 0 Å². The third-order valence-corrected chi connectivity index (χ3v) is 7.48. The summed E-state index contributed by atoms with van der Waals surface area (Å²) in [5, 5.41) is 2.48. The first-order valence-electron chi connectivity index (χ1n) is 10.2. The number of fused-ring (bicyclic) bond motifs is 2. The van der Waals surface area contributed by atoms with Crippen molar-refractivity contribution >= 4 is 41.8 Å². The molecule has 5 aromatic rings. The van der Waals surface area contributed by atoms with Crippen LogP contribution in [0.25, 0.3) is 43.8 Å². The van der Waals surface area contributed by atoms with Crippen LogP contribution in [-0.4, -0.2) is 25.9 Å². The zero-order valence-electron chi connectivity index (χ0n) is 21.6. The Kier molecular flexibility index (Phi) is 8.90. The van der Waals surface area contributed by atoms with E-state index in [0.29, 0.717) is 32.7 Å². The normalized spacial score (nSPS) is 11.6. The molecule has 0 aliphatic carbocycles. The molecule has 0 saturated heterocycles. The Morgan fingerprint density at radius 2 is 0.806 bits per heavy atom. The van der Waals surface area contributed by atoms with Crippen LogP contribution in [0, 0.1) is 0 Å². The molecule has 0 saturated carbocycles. The second kappa shape index (κ2) is 11.0. The van der Waals surface area contributed by atoms with Crippen molar-refractivity contribution in [1.29, 1.82) is 0 Å². The summed E-state index contributed by atoms with van der Waals surface area (Å²) in [6.45, 7) is 0. The van der Waals surface area contributed by atoms with Gasteiger partial charge in [-0.3, -0.25) is 9.11 Å². The van der Waals surface area contributed by atoms with Gasteiger partial charge in [-0.2, -0.15) is 16.8 Å². The third kappa shape index (κ3) is 5.49. The standard InChI is InChI=1S/C26H18O6S2.2Na.2H/c27-33(28,29)19-12-14-22-23(15-19)25(17-7-3-1-4-8-17)21-13-11-20(34(30,31)32)16-24(21)26(22)18-9-5-2-6-10-18;;;;/h1-16H,(H,27,28,29)(H,30,31,32);;;;/q;2*+1;2*-1. The topological polar surface area (TPSA) is 109 Å². The number of benzene rings is 5. The molecule has 0 heterocycles. The maximum atomic E-state index is 12.0. The van der Waals surface area contributed by atoms with Gasteiger partial charge in [0.1, 0.15) is 0 Å². The van der Waals surface area contributed by atoms with Crippen molar-refractivity contribution in [3.05, 3.63) is 97.1 Å². The average Bonchev–Trinajstić information content (AvgIpc) is 2.81. The zero-order chi connectivity index (χ0) is 24.1. The first kappa shape index (κ1) is 29.0. The van der Waals surface area contributed by atoms with E-state index in [2.05, 4.69) is 0 Å². The smallest absolute Gasteiger partial charge is 1.00 e. The van der Waals surface area contributed by atoms with Crippen LogP contribution in [0.15, 0.2) is 107 Å². The fraction of sp³-hybridized carbons (Fsp3) is 0. The Morgan fingerprint density at radius 1 is 0.472 bits per heavy atom. The van der Waals surface area contributed by atoms with E-state index in [9.17, 15) is 25.9 Å². The predicted molar refractivity (Wildman–Crippen MR) is 134 cm³/mol. The Balaban J connectivity index is 0.00000180. The largest absolute Gasteiger partial charge is 1.00 e. The SMILES string of the molecule is O=S(=O)(O)c1ccc2c(-c3ccccc3)c3cc(S(=O)(=O)O)ccc3c(-c3ccccc3)c2c1.[H-].[H-].[Na+].[Na+]. The average molecular weight is 539 g/mol. The van der Waals surface area contributed by atoms with Crippen LogP contribution < -0.4 is 59.1 Å². The predicted octanol–water partition coefficient (Wildman–Crippen LogP) is 0.0534. The van der Waals surface area contributed by atoms with Gasteiger partial charge in [-0.25, -0.2) is 0 Å². The van der Waals surface area contributed by atoms with E-state index in [1.54, 1.807) is 12.1 Å². The van der Waals surface area contributed by atoms with Crippen molar-refractivity contribution in [2.45, 2.75) is 9.79 Å². The Morgan fingerprint density at radius 3 is 1.11 bits per heavy atom. The molecule has 6 nitrogen and oxygen atoms in total. The molecule has 0 spiro atoms. The van der Waals surface area contributed by atoms with E-state index in [4.69, 9.17) is 0 Å². The molecular weight excluding hydrogens is 518 g/mol. The Hall–Kier alpha value is -1.56. The maximum absolute atomic E-state index is 12.0. The second-order valence-corrected chi connectivity index (χ2v) is 10.7. The molecule has 36 heavy (non-hydrogen) atoms. The number of hydrogen-bond donors (Lipinski definition) is 2. The molecule has 0 fully saturated rings. The van der Waals surface area contributed by atoms with Crippen molar-refractivity contribution in [2.24, 2.45) is 0 Å². The summed E-state index contributed by atoms with van der Waals surface area (Å²) in [6.07, 6.45) is 0. The quantitative estimate of drug-likeness (QED) is 0.190. The summed E-state index contributed by atoms with van der Waals surface area (Å²) in [5.74, 6) is 0. The van der Waals surface area contributed by atoms with Crippen molar-refractivity contribution in [3.63, 3.8) is 0 Å². The maximum Gasteiger partial charge on any atom is 1.00 e. The fourth-order valence-electron chi connectivity index (χ4n) is 4.34. The Bertz CT molecular complexity index is 1670. The summed E-state index contributed by atoms with van der Waals surface area (Å²) < 4.78 is 67.3. The van der Waals surface area contributed by atoms with Gasteiger partial charge in [0.15, 0.2) is 0 Å².